The van der Waals surface area contributed by atoms with Crippen molar-refractivity contribution in [1.29, 1.82) is 0 Å². The van der Waals surface area contributed by atoms with Crippen LogP contribution in [-0.2, 0) is 16.0 Å². The largest absolute Gasteiger partial charge is 0.366 e. The van der Waals surface area contributed by atoms with E-state index in [9.17, 15) is 9.18 Å². The van der Waals surface area contributed by atoms with E-state index in [1.54, 1.807) is 12.1 Å². The summed E-state index contributed by atoms with van der Waals surface area (Å²) in [5, 5.41) is 0. The first-order chi connectivity index (χ1) is 10.6. The van der Waals surface area contributed by atoms with Crippen LogP contribution in [0.3, 0.4) is 0 Å². The van der Waals surface area contributed by atoms with E-state index in [1.165, 1.54) is 6.07 Å². The third-order valence-corrected chi connectivity index (χ3v) is 4.80. The van der Waals surface area contributed by atoms with Crippen molar-refractivity contribution in [2.24, 2.45) is 0 Å². The zero-order valence-corrected chi connectivity index (χ0v) is 13.2. The van der Waals surface area contributed by atoms with Gasteiger partial charge in [-0.05, 0) is 43.1 Å². The molecule has 1 amide bonds. The number of benzene rings is 1. The summed E-state index contributed by atoms with van der Waals surface area (Å²) in [6, 6.07) is 4.83. The number of carbonyl (C=O) groups excluding carboxylic acids is 1. The van der Waals surface area contributed by atoms with Gasteiger partial charge in [-0.15, -0.1) is 0 Å². The number of ether oxygens (including phenoxy) is 1. The first kappa shape index (κ1) is 15.4. The highest BCUT2D eigenvalue weighted by Gasteiger charge is 2.34. The molecule has 0 saturated carbocycles. The van der Waals surface area contributed by atoms with Crippen molar-refractivity contribution in [2.45, 2.75) is 32.4 Å². The third kappa shape index (κ3) is 2.88. The topological polar surface area (TPSA) is 32.8 Å². The Labute approximate surface area is 130 Å². The molecule has 2 aliphatic heterocycles. The van der Waals surface area contributed by atoms with Gasteiger partial charge in [0, 0.05) is 19.6 Å². The lowest BCUT2D eigenvalue weighted by Gasteiger charge is -2.39. The van der Waals surface area contributed by atoms with Gasteiger partial charge in [-0.3, -0.25) is 9.69 Å². The number of hydrogen-bond donors (Lipinski definition) is 0. The molecule has 2 aliphatic rings. The summed E-state index contributed by atoms with van der Waals surface area (Å²) >= 11 is 0. The number of rotatable bonds is 2. The Balaban J connectivity index is 1.75. The molecule has 0 aromatic heterocycles. The third-order valence-electron chi connectivity index (χ3n) is 4.80. The first-order valence-corrected chi connectivity index (χ1v) is 8.03. The zero-order chi connectivity index (χ0) is 15.7. The predicted molar refractivity (Wildman–Crippen MR) is 82.1 cm³/mol. The van der Waals surface area contributed by atoms with Gasteiger partial charge in [0.2, 0.25) is 0 Å². The van der Waals surface area contributed by atoms with Crippen LogP contribution >= 0.6 is 0 Å². The van der Waals surface area contributed by atoms with Crippen LogP contribution in [0.1, 0.15) is 31.0 Å². The van der Waals surface area contributed by atoms with Crippen molar-refractivity contribution in [3.8, 4) is 0 Å². The fourth-order valence-corrected chi connectivity index (χ4v) is 3.43. The monoisotopic (exact) mass is 306 g/mol. The number of morpholine rings is 1. The zero-order valence-electron chi connectivity index (χ0n) is 13.2. The fourth-order valence-electron chi connectivity index (χ4n) is 3.43. The Morgan fingerprint density at radius 2 is 2.23 bits per heavy atom. The molecule has 1 aromatic carbocycles. The summed E-state index contributed by atoms with van der Waals surface area (Å²) in [6.45, 7) is 7.82. The Hall–Kier alpha value is -1.46. The highest BCUT2D eigenvalue weighted by atomic mass is 19.1. The van der Waals surface area contributed by atoms with Crippen LogP contribution in [0.5, 0.6) is 0 Å². The summed E-state index contributed by atoms with van der Waals surface area (Å²) < 4.78 is 19.0. The van der Waals surface area contributed by atoms with Gasteiger partial charge in [-0.1, -0.05) is 13.0 Å². The number of carbonyl (C=O) groups is 1. The highest BCUT2D eigenvalue weighted by Crippen LogP contribution is 2.30. The van der Waals surface area contributed by atoms with Crippen molar-refractivity contribution in [3.63, 3.8) is 0 Å². The SMILES string of the molecule is CCN1CCO[C@H](C(=O)N2CCc3cc(F)ccc3[C@H]2C)C1. The van der Waals surface area contributed by atoms with Crippen LogP contribution in [0.15, 0.2) is 18.2 Å². The summed E-state index contributed by atoms with van der Waals surface area (Å²) in [5.74, 6) is -0.152. The van der Waals surface area contributed by atoms with E-state index in [0.717, 1.165) is 24.2 Å². The van der Waals surface area contributed by atoms with Gasteiger partial charge < -0.3 is 9.64 Å². The Morgan fingerprint density at radius 1 is 1.41 bits per heavy atom. The molecule has 1 aromatic rings. The van der Waals surface area contributed by atoms with Crippen molar-refractivity contribution in [2.75, 3.05) is 32.8 Å². The maximum Gasteiger partial charge on any atom is 0.253 e. The van der Waals surface area contributed by atoms with E-state index in [-0.39, 0.29) is 23.9 Å². The van der Waals surface area contributed by atoms with E-state index in [4.69, 9.17) is 4.74 Å². The lowest BCUT2D eigenvalue weighted by atomic mass is 9.93. The highest BCUT2D eigenvalue weighted by molar-refractivity contribution is 5.82. The quantitative estimate of drug-likeness (QED) is 0.838. The Kier molecular flexibility index (Phi) is 4.45. The van der Waals surface area contributed by atoms with Crippen LogP contribution in [0.2, 0.25) is 0 Å². The minimum atomic E-state index is -0.377. The molecular weight excluding hydrogens is 283 g/mol. The smallest absolute Gasteiger partial charge is 0.253 e. The van der Waals surface area contributed by atoms with Crippen molar-refractivity contribution in [3.05, 3.63) is 35.1 Å². The molecule has 0 aliphatic carbocycles. The Bertz CT molecular complexity index is 564. The van der Waals surface area contributed by atoms with Crippen LogP contribution < -0.4 is 0 Å². The second-order valence-electron chi connectivity index (χ2n) is 6.05. The van der Waals surface area contributed by atoms with Crippen LogP contribution in [0.4, 0.5) is 4.39 Å². The van der Waals surface area contributed by atoms with Gasteiger partial charge in [0.15, 0.2) is 0 Å². The molecule has 2 atom stereocenters. The molecule has 0 unspecified atom stereocenters. The number of halogens is 1. The number of hydrogen-bond acceptors (Lipinski definition) is 3. The Morgan fingerprint density at radius 3 is 3.00 bits per heavy atom. The average molecular weight is 306 g/mol. The van der Waals surface area contributed by atoms with Gasteiger partial charge >= 0.3 is 0 Å². The van der Waals surface area contributed by atoms with E-state index in [1.807, 2.05) is 11.8 Å². The fraction of sp³-hybridized carbons (Fsp3) is 0.588. The minimum Gasteiger partial charge on any atom is -0.366 e. The van der Waals surface area contributed by atoms with Gasteiger partial charge in [-0.25, -0.2) is 4.39 Å². The van der Waals surface area contributed by atoms with Gasteiger partial charge in [0.05, 0.1) is 12.6 Å². The predicted octanol–water partition coefficient (Wildman–Crippen LogP) is 1.99. The van der Waals surface area contributed by atoms with Crippen LogP contribution in [-0.4, -0.2) is 54.6 Å². The summed E-state index contributed by atoms with van der Waals surface area (Å²) in [5.41, 5.74) is 2.06. The second kappa shape index (κ2) is 6.34. The molecule has 22 heavy (non-hydrogen) atoms. The van der Waals surface area contributed by atoms with Crippen molar-refractivity contribution < 1.29 is 13.9 Å². The lowest BCUT2D eigenvalue weighted by molar-refractivity contribution is -0.152. The molecule has 3 rings (SSSR count). The van der Waals surface area contributed by atoms with E-state index < -0.39 is 0 Å². The molecule has 5 heteroatoms. The van der Waals surface area contributed by atoms with E-state index >= 15 is 0 Å². The summed E-state index contributed by atoms with van der Waals surface area (Å²) in [4.78, 5) is 16.9. The molecule has 120 valence electrons. The van der Waals surface area contributed by atoms with E-state index in [0.29, 0.717) is 26.1 Å². The van der Waals surface area contributed by atoms with Gasteiger partial charge in [-0.2, -0.15) is 0 Å². The molecular formula is C17H23FN2O2. The normalized spacial score (nSPS) is 25.9. The number of amides is 1. The number of fused-ring (bicyclic) bond motifs is 1. The summed E-state index contributed by atoms with van der Waals surface area (Å²) in [6.07, 6.45) is 0.325. The molecule has 1 saturated heterocycles. The molecule has 0 bridgehead atoms. The van der Waals surface area contributed by atoms with Gasteiger partial charge in [0.1, 0.15) is 11.9 Å². The molecule has 1 fully saturated rings. The van der Waals surface area contributed by atoms with Crippen molar-refractivity contribution in [1.82, 2.24) is 9.80 Å². The molecule has 0 radical (unpaired) electrons. The number of nitrogens with zero attached hydrogens (tertiary/aromatic N) is 2. The molecule has 4 nitrogen and oxygen atoms in total. The molecule has 0 N–H and O–H groups in total. The second-order valence-corrected chi connectivity index (χ2v) is 6.05. The molecule has 0 spiro atoms. The van der Waals surface area contributed by atoms with Crippen LogP contribution in [0, 0.1) is 5.82 Å². The first-order valence-electron chi connectivity index (χ1n) is 8.03. The molecule has 2 heterocycles. The lowest BCUT2D eigenvalue weighted by Crippen LogP contribution is -2.52. The van der Waals surface area contributed by atoms with Gasteiger partial charge in [0.25, 0.3) is 5.91 Å². The minimum absolute atomic E-state index is 0.0301. The summed E-state index contributed by atoms with van der Waals surface area (Å²) in [7, 11) is 0. The maximum absolute atomic E-state index is 13.3. The van der Waals surface area contributed by atoms with E-state index in [2.05, 4.69) is 11.8 Å². The van der Waals surface area contributed by atoms with Crippen molar-refractivity contribution >= 4 is 5.91 Å². The maximum atomic E-state index is 13.3. The average Bonchev–Trinajstić information content (AvgIpc) is 2.54. The number of likely N-dealkylation sites (N-methyl/N-ethyl adjacent to an activating group) is 1. The standard InChI is InChI=1S/C17H23FN2O2/c1-3-19-8-9-22-16(11-19)17(21)20-7-6-13-10-14(18)4-5-15(13)12(20)2/h4-5,10,12,16H,3,6-9,11H2,1-2H3/t12-,16+/m1/s1. The van der Waals surface area contributed by atoms with Crippen LogP contribution in [0.25, 0.3) is 0 Å².